The maximum Gasteiger partial charge on any atom is 0.432 e. The van der Waals surface area contributed by atoms with Gasteiger partial charge in [0.1, 0.15) is 0 Å². The van der Waals surface area contributed by atoms with Crippen LogP contribution in [-0.4, -0.2) is 23.9 Å². The fourth-order valence-electron chi connectivity index (χ4n) is 1.50. The minimum absolute atomic E-state index is 0.0458. The summed E-state index contributed by atoms with van der Waals surface area (Å²) in [5, 5.41) is 9.78. The van der Waals surface area contributed by atoms with Crippen molar-refractivity contribution >= 4 is 11.7 Å². The van der Waals surface area contributed by atoms with Crippen LogP contribution >= 0.6 is 0 Å². The minimum Gasteiger partial charge on any atom is -0.463 e. The monoisotopic (exact) mass is 277 g/mol. The highest BCUT2D eigenvalue weighted by atomic mass is 19.4. The molecule has 106 valence electrons. The Morgan fingerprint density at radius 1 is 1.42 bits per heavy atom. The first-order valence-electron chi connectivity index (χ1n) is 5.47. The Morgan fingerprint density at radius 2 is 2.00 bits per heavy atom. The lowest BCUT2D eigenvalue weighted by atomic mass is 9.91. The SMILES string of the molecule is CCOC(=O)[C@@](O)(c1ccc(C)c(N)c1)C(F)(F)F. The van der Waals surface area contributed by atoms with Crippen LogP contribution in [0.25, 0.3) is 0 Å². The first-order valence-corrected chi connectivity index (χ1v) is 5.47. The number of anilines is 1. The van der Waals surface area contributed by atoms with Crippen molar-refractivity contribution in [1.82, 2.24) is 0 Å². The predicted octanol–water partition coefficient (Wildman–Crippen LogP) is 1.89. The number of esters is 1. The van der Waals surface area contributed by atoms with E-state index in [1.807, 2.05) is 0 Å². The minimum atomic E-state index is -5.21. The average molecular weight is 277 g/mol. The van der Waals surface area contributed by atoms with Crippen LogP contribution in [0.3, 0.4) is 0 Å². The molecule has 1 rings (SSSR count). The predicted molar refractivity (Wildman–Crippen MR) is 62.2 cm³/mol. The summed E-state index contributed by atoms with van der Waals surface area (Å²) in [7, 11) is 0. The van der Waals surface area contributed by atoms with Gasteiger partial charge in [0.2, 0.25) is 0 Å². The van der Waals surface area contributed by atoms with Crippen LogP contribution in [0.5, 0.6) is 0 Å². The quantitative estimate of drug-likeness (QED) is 0.653. The third-order valence-electron chi connectivity index (χ3n) is 2.68. The van der Waals surface area contributed by atoms with E-state index in [0.717, 1.165) is 12.1 Å². The van der Waals surface area contributed by atoms with E-state index in [9.17, 15) is 23.1 Å². The lowest BCUT2D eigenvalue weighted by molar-refractivity contribution is -0.267. The number of ether oxygens (including phenoxy) is 1. The number of carbonyl (C=O) groups is 1. The highest BCUT2D eigenvalue weighted by Gasteiger charge is 2.62. The summed E-state index contributed by atoms with van der Waals surface area (Å²) < 4.78 is 43.3. The lowest BCUT2D eigenvalue weighted by Crippen LogP contribution is -2.50. The highest BCUT2D eigenvalue weighted by Crippen LogP contribution is 2.40. The fraction of sp³-hybridized carbons (Fsp3) is 0.417. The van der Waals surface area contributed by atoms with Crippen LogP contribution in [-0.2, 0) is 15.1 Å². The molecule has 19 heavy (non-hydrogen) atoms. The molecule has 0 unspecified atom stereocenters. The molecule has 0 bridgehead atoms. The van der Waals surface area contributed by atoms with Gasteiger partial charge in [0.05, 0.1) is 6.61 Å². The normalized spacial score (nSPS) is 14.8. The second-order valence-electron chi connectivity index (χ2n) is 4.00. The van der Waals surface area contributed by atoms with Gasteiger partial charge in [-0.05, 0) is 25.5 Å². The summed E-state index contributed by atoms with van der Waals surface area (Å²) in [4.78, 5) is 11.5. The molecule has 1 aromatic carbocycles. The zero-order valence-electron chi connectivity index (χ0n) is 10.4. The van der Waals surface area contributed by atoms with Gasteiger partial charge in [-0.3, -0.25) is 0 Å². The van der Waals surface area contributed by atoms with E-state index in [0.29, 0.717) is 5.56 Å². The van der Waals surface area contributed by atoms with Crippen molar-refractivity contribution in [1.29, 1.82) is 0 Å². The standard InChI is InChI=1S/C12H14F3NO3/c1-3-19-10(17)11(18,12(13,14)15)8-5-4-7(2)9(16)6-8/h4-6,18H,3,16H2,1-2H3/t11-/m0/s1. The van der Waals surface area contributed by atoms with E-state index in [1.54, 1.807) is 6.92 Å². The maximum atomic E-state index is 13.0. The molecular weight excluding hydrogens is 263 g/mol. The fourth-order valence-corrected chi connectivity index (χ4v) is 1.50. The first kappa shape index (κ1) is 15.3. The van der Waals surface area contributed by atoms with Crippen LogP contribution in [0.4, 0.5) is 18.9 Å². The molecule has 4 nitrogen and oxygen atoms in total. The van der Waals surface area contributed by atoms with Crippen molar-refractivity contribution < 1.29 is 27.8 Å². The number of aliphatic hydroxyl groups is 1. The number of rotatable bonds is 3. The van der Waals surface area contributed by atoms with Crippen molar-refractivity contribution in [3.63, 3.8) is 0 Å². The van der Waals surface area contributed by atoms with E-state index in [-0.39, 0.29) is 12.3 Å². The third kappa shape index (κ3) is 2.65. The number of nitrogens with two attached hydrogens (primary N) is 1. The molecule has 0 saturated heterocycles. The largest absolute Gasteiger partial charge is 0.463 e. The van der Waals surface area contributed by atoms with Gasteiger partial charge < -0.3 is 15.6 Å². The molecule has 0 amide bonds. The molecule has 1 atom stereocenters. The van der Waals surface area contributed by atoms with Crippen LogP contribution in [0.15, 0.2) is 18.2 Å². The van der Waals surface area contributed by atoms with E-state index in [4.69, 9.17) is 5.73 Å². The number of aryl methyl sites for hydroxylation is 1. The highest BCUT2D eigenvalue weighted by molar-refractivity contribution is 5.82. The van der Waals surface area contributed by atoms with Crippen LogP contribution in [0, 0.1) is 6.92 Å². The van der Waals surface area contributed by atoms with E-state index >= 15 is 0 Å². The molecule has 0 spiro atoms. The van der Waals surface area contributed by atoms with Gasteiger partial charge >= 0.3 is 12.1 Å². The van der Waals surface area contributed by atoms with Crippen LogP contribution in [0.2, 0.25) is 0 Å². The second-order valence-corrected chi connectivity index (χ2v) is 4.00. The summed E-state index contributed by atoms with van der Waals surface area (Å²) in [5.41, 5.74) is 1.71. The Morgan fingerprint density at radius 3 is 2.42 bits per heavy atom. The van der Waals surface area contributed by atoms with Crippen molar-refractivity contribution in [2.75, 3.05) is 12.3 Å². The Kier molecular flexibility index (Phi) is 4.09. The molecule has 0 aliphatic rings. The summed E-state index contributed by atoms with van der Waals surface area (Å²) in [6.07, 6.45) is -5.21. The number of hydrogen-bond acceptors (Lipinski definition) is 4. The van der Waals surface area contributed by atoms with Gasteiger partial charge in [0, 0.05) is 11.3 Å². The van der Waals surface area contributed by atoms with Gasteiger partial charge in [-0.25, -0.2) is 4.79 Å². The Hall–Kier alpha value is -1.76. The topological polar surface area (TPSA) is 72.5 Å². The molecule has 7 heteroatoms. The van der Waals surface area contributed by atoms with Crippen LogP contribution < -0.4 is 5.73 Å². The van der Waals surface area contributed by atoms with Gasteiger partial charge in [-0.2, -0.15) is 13.2 Å². The first-order chi connectivity index (χ1) is 8.64. The van der Waals surface area contributed by atoms with E-state index < -0.39 is 23.3 Å². The van der Waals surface area contributed by atoms with Crippen molar-refractivity contribution in [3.8, 4) is 0 Å². The van der Waals surface area contributed by atoms with Crippen molar-refractivity contribution in [2.24, 2.45) is 0 Å². The molecule has 0 aliphatic heterocycles. The summed E-state index contributed by atoms with van der Waals surface area (Å²) in [5.74, 6) is -1.77. The number of nitrogen functional groups attached to an aromatic ring is 1. The molecule has 0 saturated carbocycles. The van der Waals surface area contributed by atoms with Gasteiger partial charge in [-0.15, -0.1) is 0 Å². The van der Waals surface area contributed by atoms with E-state index in [2.05, 4.69) is 4.74 Å². The number of benzene rings is 1. The van der Waals surface area contributed by atoms with Crippen molar-refractivity contribution in [2.45, 2.75) is 25.6 Å². The summed E-state index contributed by atoms with van der Waals surface area (Å²) in [6, 6.07) is 3.20. The molecule has 0 radical (unpaired) electrons. The zero-order chi connectivity index (χ0) is 14.8. The van der Waals surface area contributed by atoms with Gasteiger partial charge in [0.15, 0.2) is 0 Å². The number of hydrogen-bond donors (Lipinski definition) is 2. The van der Waals surface area contributed by atoms with Crippen molar-refractivity contribution in [3.05, 3.63) is 29.3 Å². The molecule has 0 heterocycles. The molecule has 0 aliphatic carbocycles. The van der Waals surface area contributed by atoms with Gasteiger partial charge in [-0.1, -0.05) is 12.1 Å². The Labute approximate surface area is 108 Å². The molecule has 0 fully saturated rings. The zero-order valence-corrected chi connectivity index (χ0v) is 10.4. The molecule has 3 N–H and O–H groups in total. The summed E-state index contributed by atoms with van der Waals surface area (Å²) >= 11 is 0. The Bertz CT molecular complexity index is 488. The second kappa shape index (κ2) is 5.08. The number of carbonyl (C=O) groups excluding carboxylic acids is 1. The lowest BCUT2D eigenvalue weighted by Gasteiger charge is -2.28. The Balaban J connectivity index is 3.39. The molecular formula is C12H14F3NO3. The third-order valence-corrected chi connectivity index (χ3v) is 2.68. The van der Waals surface area contributed by atoms with E-state index in [1.165, 1.54) is 13.0 Å². The average Bonchev–Trinajstić information content (AvgIpc) is 2.30. The maximum absolute atomic E-state index is 13.0. The molecule has 1 aromatic rings. The number of halogens is 3. The van der Waals surface area contributed by atoms with Crippen LogP contribution in [0.1, 0.15) is 18.1 Å². The van der Waals surface area contributed by atoms with Gasteiger partial charge in [0.25, 0.3) is 5.60 Å². The number of alkyl halides is 3. The smallest absolute Gasteiger partial charge is 0.432 e. The summed E-state index contributed by atoms with van der Waals surface area (Å²) in [6.45, 7) is 2.66. The molecule has 0 aromatic heterocycles.